The third-order valence-electron chi connectivity index (χ3n) is 13.1. The molecular formula is C59H41N3. The molecule has 0 fully saturated rings. The zero-order valence-corrected chi connectivity index (χ0v) is 34.5. The minimum Gasteiger partial charge on any atom is -0.291 e. The third-order valence-corrected chi connectivity index (χ3v) is 13.1. The molecule has 9 aromatic carbocycles. The monoisotopic (exact) mass is 791 g/mol. The average molecular weight is 792 g/mol. The fraction of sp³-hybridized carbons (Fsp3) is 0.0508. The fourth-order valence-corrected chi connectivity index (χ4v) is 9.99. The van der Waals surface area contributed by atoms with E-state index in [1.54, 1.807) is 6.20 Å². The van der Waals surface area contributed by atoms with Gasteiger partial charge in [-0.15, -0.1) is 0 Å². The van der Waals surface area contributed by atoms with Crippen LogP contribution in [0.3, 0.4) is 0 Å². The number of hydrogen-bond donors (Lipinski definition) is 0. The number of imidazole rings is 1. The average Bonchev–Trinajstić information content (AvgIpc) is 3.87. The Morgan fingerprint density at radius 3 is 1.61 bits per heavy atom. The predicted molar refractivity (Wildman–Crippen MR) is 258 cm³/mol. The molecule has 0 aliphatic heterocycles. The van der Waals surface area contributed by atoms with Gasteiger partial charge in [0, 0.05) is 29.6 Å². The van der Waals surface area contributed by atoms with E-state index >= 15 is 0 Å². The van der Waals surface area contributed by atoms with Crippen molar-refractivity contribution in [1.29, 1.82) is 0 Å². The number of benzene rings is 9. The van der Waals surface area contributed by atoms with Crippen LogP contribution in [0, 0.1) is 0 Å². The Kier molecular flexibility index (Phi) is 8.20. The van der Waals surface area contributed by atoms with Crippen LogP contribution in [0.1, 0.15) is 25.0 Å². The molecule has 0 saturated carbocycles. The van der Waals surface area contributed by atoms with Gasteiger partial charge in [-0.3, -0.25) is 4.40 Å². The van der Waals surface area contributed by atoms with Crippen LogP contribution < -0.4 is 0 Å². The molecule has 0 unspecified atom stereocenters. The largest absolute Gasteiger partial charge is 0.291 e. The molecular weight excluding hydrogens is 751 g/mol. The molecule has 62 heavy (non-hydrogen) atoms. The quantitative estimate of drug-likeness (QED) is 0.157. The van der Waals surface area contributed by atoms with Gasteiger partial charge in [-0.2, -0.15) is 0 Å². The van der Waals surface area contributed by atoms with E-state index in [0.29, 0.717) is 5.78 Å². The van der Waals surface area contributed by atoms with E-state index in [1.807, 2.05) is 22.9 Å². The molecule has 0 radical (unpaired) electrons. The van der Waals surface area contributed by atoms with Crippen molar-refractivity contribution < 1.29 is 0 Å². The summed E-state index contributed by atoms with van der Waals surface area (Å²) in [6.45, 7) is 4.77. The molecule has 0 atom stereocenters. The lowest BCUT2D eigenvalue weighted by Crippen LogP contribution is -2.14. The van der Waals surface area contributed by atoms with E-state index in [9.17, 15) is 0 Å². The van der Waals surface area contributed by atoms with Gasteiger partial charge in [0.15, 0.2) is 0 Å². The van der Waals surface area contributed by atoms with Gasteiger partial charge in [-0.05, 0) is 136 Å². The zero-order valence-electron chi connectivity index (χ0n) is 34.5. The Morgan fingerprint density at radius 2 is 0.919 bits per heavy atom. The molecule has 2 heterocycles. The first kappa shape index (κ1) is 36.0. The molecule has 1 aliphatic carbocycles. The number of rotatable bonds is 6. The first-order valence-corrected chi connectivity index (χ1v) is 21.4. The first-order valence-electron chi connectivity index (χ1n) is 21.4. The SMILES string of the molecule is CC1(C)c2ccccc2-c2cc3c(-c4cccc(-c5ccccc5)c4)c4ccc(-c5ccc(-c6cn7cccnc7n6)cc5)cc4c(-c4cccc(-c5ccccc5)c4)c3cc21. The summed E-state index contributed by atoms with van der Waals surface area (Å²) in [6.07, 6.45) is 5.81. The minimum atomic E-state index is -0.161. The Balaban J connectivity index is 1.15. The molecule has 292 valence electrons. The summed E-state index contributed by atoms with van der Waals surface area (Å²) in [6, 6.07) is 71.6. The van der Waals surface area contributed by atoms with Crippen LogP contribution in [0.25, 0.3) is 105 Å². The van der Waals surface area contributed by atoms with Gasteiger partial charge in [-0.1, -0.05) is 172 Å². The number of fused-ring (bicyclic) bond motifs is 6. The van der Waals surface area contributed by atoms with Gasteiger partial charge in [0.25, 0.3) is 0 Å². The highest BCUT2D eigenvalue weighted by atomic mass is 15.1. The maximum atomic E-state index is 4.79. The van der Waals surface area contributed by atoms with Gasteiger partial charge >= 0.3 is 0 Å². The molecule has 1 aliphatic rings. The Morgan fingerprint density at radius 1 is 0.387 bits per heavy atom. The maximum absolute atomic E-state index is 4.79. The van der Waals surface area contributed by atoms with Gasteiger partial charge in [0.05, 0.1) is 5.69 Å². The smallest absolute Gasteiger partial charge is 0.234 e. The highest BCUT2D eigenvalue weighted by molar-refractivity contribution is 6.23. The van der Waals surface area contributed by atoms with E-state index < -0.39 is 0 Å². The highest BCUT2D eigenvalue weighted by Gasteiger charge is 2.36. The summed E-state index contributed by atoms with van der Waals surface area (Å²) in [5.74, 6) is 0.695. The van der Waals surface area contributed by atoms with Crippen LogP contribution in [0.15, 0.2) is 213 Å². The Labute approximate surface area is 361 Å². The highest BCUT2D eigenvalue weighted by Crippen LogP contribution is 2.54. The molecule has 0 amide bonds. The summed E-state index contributed by atoms with van der Waals surface area (Å²) in [5, 5.41) is 4.97. The first-order chi connectivity index (χ1) is 30.5. The maximum Gasteiger partial charge on any atom is 0.234 e. The van der Waals surface area contributed by atoms with Crippen molar-refractivity contribution in [2.45, 2.75) is 19.3 Å². The molecule has 11 aromatic rings. The van der Waals surface area contributed by atoms with Crippen LogP contribution in [0.2, 0.25) is 0 Å². The summed E-state index contributed by atoms with van der Waals surface area (Å²) in [7, 11) is 0. The summed E-state index contributed by atoms with van der Waals surface area (Å²) >= 11 is 0. The van der Waals surface area contributed by atoms with E-state index in [4.69, 9.17) is 4.98 Å². The van der Waals surface area contributed by atoms with Crippen molar-refractivity contribution in [3.63, 3.8) is 0 Å². The molecule has 0 N–H and O–H groups in total. The lowest BCUT2D eigenvalue weighted by atomic mass is 9.79. The van der Waals surface area contributed by atoms with Gasteiger partial charge < -0.3 is 0 Å². The second kappa shape index (κ2) is 14.1. The van der Waals surface area contributed by atoms with E-state index in [1.165, 1.54) is 93.9 Å². The normalized spacial score (nSPS) is 12.8. The molecule has 0 saturated heterocycles. The second-order valence-corrected chi connectivity index (χ2v) is 17.0. The van der Waals surface area contributed by atoms with E-state index in [2.05, 4.69) is 207 Å². The molecule has 0 bridgehead atoms. The number of nitrogens with zero attached hydrogens (tertiary/aromatic N) is 3. The molecule has 2 aromatic heterocycles. The third kappa shape index (κ3) is 5.81. The second-order valence-electron chi connectivity index (χ2n) is 17.0. The predicted octanol–water partition coefficient (Wildman–Crippen LogP) is 15.3. The molecule has 0 spiro atoms. The molecule has 12 rings (SSSR count). The van der Waals surface area contributed by atoms with Gasteiger partial charge in [0.1, 0.15) is 0 Å². The minimum absolute atomic E-state index is 0.161. The molecule has 3 heteroatoms. The van der Waals surface area contributed by atoms with E-state index in [-0.39, 0.29) is 5.41 Å². The van der Waals surface area contributed by atoms with Crippen LogP contribution >= 0.6 is 0 Å². The van der Waals surface area contributed by atoms with E-state index in [0.717, 1.165) is 16.8 Å². The van der Waals surface area contributed by atoms with Crippen LogP contribution in [-0.2, 0) is 5.41 Å². The van der Waals surface area contributed by atoms with Crippen molar-refractivity contribution in [2.24, 2.45) is 0 Å². The van der Waals surface area contributed by atoms with Crippen molar-refractivity contribution in [3.8, 4) is 78.0 Å². The Bertz CT molecular complexity index is 3490. The standard InChI is InChI=1S/C59H41N3/c1-59(2)53-23-10-9-22-47(53)49-35-51-52(36-54(49)59)57(46-21-12-19-43(33-46)39-16-7-4-8-17-39)50-34-44(40-24-26-41(27-25-40)55-37-62-31-13-30-60-58(62)61-55)28-29-48(50)56(51)45-20-11-18-42(32-45)38-14-5-3-6-15-38/h3-37H,1-2H3. The lowest BCUT2D eigenvalue weighted by molar-refractivity contribution is 0.661. The fourth-order valence-electron chi connectivity index (χ4n) is 9.99. The summed E-state index contributed by atoms with van der Waals surface area (Å²) in [4.78, 5) is 9.23. The van der Waals surface area contributed by atoms with Crippen molar-refractivity contribution in [3.05, 3.63) is 224 Å². The van der Waals surface area contributed by atoms with Crippen LogP contribution in [0.4, 0.5) is 0 Å². The van der Waals surface area contributed by atoms with Gasteiger partial charge in [-0.25, -0.2) is 9.97 Å². The number of hydrogen-bond acceptors (Lipinski definition) is 2. The van der Waals surface area contributed by atoms with Crippen molar-refractivity contribution in [1.82, 2.24) is 14.4 Å². The number of aromatic nitrogens is 3. The zero-order chi connectivity index (χ0) is 41.4. The van der Waals surface area contributed by atoms with Gasteiger partial charge in [0.2, 0.25) is 5.78 Å². The van der Waals surface area contributed by atoms with Crippen molar-refractivity contribution in [2.75, 3.05) is 0 Å². The summed E-state index contributed by atoms with van der Waals surface area (Å²) < 4.78 is 1.97. The topological polar surface area (TPSA) is 30.2 Å². The lowest BCUT2D eigenvalue weighted by Gasteiger charge is -2.24. The van der Waals surface area contributed by atoms with Crippen LogP contribution in [-0.4, -0.2) is 14.4 Å². The van der Waals surface area contributed by atoms with Crippen LogP contribution in [0.5, 0.6) is 0 Å². The molecule has 3 nitrogen and oxygen atoms in total. The van der Waals surface area contributed by atoms with Crippen molar-refractivity contribution >= 4 is 27.3 Å². The Hall–Kier alpha value is -7.88. The summed E-state index contributed by atoms with van der Waals surface area (Å²) in [5.41, 5.74) is 19.2.